The van der Waals surface area contributed by atoms with Crippen LogP contribution in [0.5, 0.6) is 0 Å². The van der Waals surface area contributed by atoms with Crippen LogP contribution < -0.4 is 5.73 Å². The quantitative estimate of drug-likeness (QED) is 0.747. The van der Waals surface area contributed by atoms with Gasteiger partial charge < -0.3 is 15.5 Å². The highest BCUT2D eigenvalue weighted by molar-refractivity contribution is 5.89. The fraction of sp³-hybridized carbons (Fsp3) is 0.348. The minimum atomic E-state index is -0.445. The molecule has 29 heavy (non-hydrogen) atoms. The van der Waals surface area contributed by atoms with Gasteiger partial charge in [-0.3, -0.25) is 14.4 Å². The number of nitrogens with two attached hydrogens (primary N) is 1. The third-order valence-corrected chi connectivity index (χ3v) is 5.21. The first-order valence-corrected chi connectivity index (χ1v) is 9.86. The number of carbonyl (C=O) groups is 3. The molecule has 3 amide bonds. The maximum Gasteiger partial charge on any atom is 0.228 e. The summed E-state index contributed by atoms with van der Waals surface area (Å²) in [4.78, 5) is 40.3. The van der Waals surface area contributed by atoms with E-state index in [0.717, 1.165) is 11.1 Å². The SMILES string of the molecule is Cc1ccc(CN2CC(C(=O)N(CCC(N)=O)Cc3ccccc3)CC2=O)cc1. The summed E-state index contributed by atoms with van der Waals surface area (Å²) >= 11 is 0. The summed E-state index contributed by atoms with van der Waals surface area (Å²) in [5.74, 6) is -0.961. The van der Waals surface area contributed by atoms with Gasteiger partial charge in [0, 0.05) is 39.0 Å². The van der Waals surface area contributed by atoms with E-state index in [-0.39, 0.29) is 31.2 Å². The molecule has 1 fully saturated rings. The smallest absolute Gasteiger partial charge is 0.228 e. The summed E-state index contributed by atoms with van der Waals surface area (Å²) in [7, 11) is 0. The molecule has 0 saturated carbocycles. The van der Waals surface area contributed by atoms with Gasteiger partial charge in [-0.2, -0.15) is 0 Å². The van der Waals surface area contributed by atoms with Gasteiger partial charge in [-0.15, -0.1) is 0 Å². The Balaban J connectivity index is 1.67. The molecule has 2 aromatic carbocycles. The lowest BCUT2D eigenvalue weighted by molar-refractivity contribution is -0.136. The van der Waals surface area contributed by atoms with Crippen molar-refractivity contribution in [3.8, 4) is 0 Å². The van der Waals surface area contributed by atoms with Crippen LogP contribution in [0.25, 0.3) is 0 Å². The number of hydrogen-bond acceptors (Lipinski definition) is 3. The molecule has 1 aliphatic heterocycles. The molecule has 6 heteroatoms. The first-order valence-electron chi connectivity index (χ1n) is 9.86. The van der Waals surface area contributed by atoms with Crippen LogP contribution in [0.2, 0.25) is 0 Å². The van der Waals surface area contributed by atoms with E-state index in [1.165, 1.54) is 5.56 Å². The van der Waals surface area contributed by atoms with Crippen LogP contribution in [0.15, 0.2) is 54.6 Å². The van der Waals surface area contributed by atoms with Crippen molar-refractivity contribution in [2.75, 3.05) is 13.1 Å². The van der Waals surface area contributed by atoms with Crippen LogP contribution in [0.4, 0.5) is 0 Å². The summed E-state index contributed by atoms with van der Waals surface area (Å²) in [6.45, 7) is 3.57. The van der Waals surface area contributed by atoms with Crippen molar-refractivity contribution in [3.63, 3.8) is 0 Å². The highest BCUT2D eigenvalue weighted by atomic mass is 16.2. The van der Waals surface area contributed by atoms with Crippen molar-refractivity contribution in [2.24, 2.45) is 11.7 Å². The molecule has 1 unspecified atom stereocenters. The standard InChI is InChI=1S/C23H27N3O3/c1-17-7-9-19(10-8-17)15-26-16-20(13-22(26)28)23(29)25(12-11-21(24)27)14-18-5-3-2-4-6-18/h2-10,20H,11-16H2,1H3,(H2,24,27). The lowest BCUT2D eigenvalue weighted by Crippen LogP contribution is -2.38. The molecule has 3 rings (SSSR count). The predicted molar refractivity (Wildman–Crippen MR) is 110 cm³/mol. The normalized spacial score (nSPS) is 16.1. The van der Waals surface area contributed by atoms with Gasteiger partial charge in [-0.25, -0.2) is 0 Å². The highest BCUT2D eigenvalue weighted by Crippen LogP contribution is 2.23. The zero-order valence-corrected chi connectivity index (χ0v) is 16.7. The lowest BCUT2D eigenvalue weighted by atomic mass is 10.1. The Hall–Kier alpha value is -3.15. The molecule has 1 atom stereocenters. The number of nitrogens with zero attached hydrogens (tertiary/aromatic N) is 2. The van der Waals surface area contributed by atoms with E-state index in [2.05, 4.69) is 0 Å². The maximum atomic E-state index is 13.1. The van der Waals surface area contributed by atoms with Crippen molar-refractivity contribution in [1.29, 1.82) is 0 Å². The number of likely N-dealkylation sites (tertiary alicyclic amines) is 1. The molecule has 152 valence electrons. The average Bonchev–Trinajstić information content (AvgIpc) is 3.07. The summed E-state index contributed by atoms with van der Waals surface area (Å²) in [5.41, 5.74) is 8.48. The largest absolute Gasteiger partial charge is 0.370 e. The van der Waals surface area contributed by atoms with Gasteiger partial charge in [0.1, 0.15) is 0 Å². The van der Waals surface area contributed by atoms with Crippen LogP contribution in [-0.4, -0.2) is 40.6 Å². The Morgan fingerprint density at radius 3 is 2.41 bits per heavy atom. The van der Waals surface area contributed by atoms with Crippen molar-refractivity contribution in [3.05, 3.63) is 71.3 Å². The van der Waals surface area contributed by atoms with E-state index < -0.39 is 11.8 Å². The molecule has 0 radical (unpaired) electrons. The number of aryl methyl sites for hydroxylation is 1. The van der Waals surface area contributed by atoms with Gasteiger partial charge in [0.25, 0.3) is 0 Å². The molecule has 0 aromatic heterocycles. The topological polar surface area (TPSA) is 83.7 Å². The number of rotatable bonds is 8. The summed E-state index contributed by atoms with van der Waals surface area (Å²) in [6, 6.07) is 17.7. The van der Waals surface area contributed by atoms with Gasteiger partial charge in [0.05, 0.1) is 5.92 Å². The van der Waals surface area contributed by atoms with Gasteiger partial charge in [0.2, 0.25) is 17.7 Å². The van der Waals surface area contributed by atoms with Gasteiger partial charge in [-0.05, 0) is 18.1 Å². The van der Waals surface area contributed by atoms with Crippen LogP contribution in [-0.2, 0) is 27.5 Å². The van der Waals surface area contributed by atoms with Gasteiger partial charge in [0.15, 0.2) is 0 Å². The Kier molecular flexibility index (Phi) is 6.65. The molecule has 1 saturated heterocycles. The fourth-order valence-electron chi connectivity index (χ4n) is 3.58. The molecule has 0 aliphatic carbocycles. The number of primary amides is 1. The Morgan fingerprint density at radius 2 is 1.76 bits per heavy atom. The second kappa shape index (κ2) is 9.37. The predicted octanol–water partition coefficient (Wildman–Crippen LogP) is 2.25. The van der Waals surface area contributed by atoms with E-state index in [1.807, 2.05) is 61.5 Å². The van der Waals surface area contributed by atoms with Gasteiger partial charge in [-0.1, -0.05) is 60.2 Å². The second-order valence-electron chi connectivity index (χ2n) is 7.62. The van der Waals surface area contributed by atoms with Crippen LogP contribution in [0, 0.1) is 12.8 Å². The number of benzene rings is 2. The molecule has 2 aromatic rings. The lowest BCUT2D eigenvalue weighted by Gasteiger charge is -2.25. The molecule has 2 N–H and O–H groups in total. The third-order valence-electron chi connectivity index (χ3n) is 5.21. The first kappa shape index (κ1) is 20.6. The van der Waals surface area contributed by atoms with Crippen molar-refractivity contribution in [2.45, 2.75) is 32.9 Å². The van der Waals surface area contributed by atoms with E-state index in [4.69, 9.17) is 5.73 Å². The zero-order chi connectivity index (χ0) is 20.8. The second-order valence-corrected chi connectivity index (χ2v) is 7.62. The first-order chi connectivity index (χ1) is 13.9. The molecule has 1 heterocycles. The Bertz CT molecular complexity index is 865. The minimum Gasteiger partial charge on any atom is -0.370 e. The molecule has 1 aliphatic rings. The van der Waals surface area contributed by atoms with Crippen molar-refractivity contribution < 1.29 is 14.4 Å². The summed E-state index contributed by atoms with van der Waals surface area (Å²) in [6.07, 6.45) is 0.304. The summed E-state index contributed by atoms with van der Waals surface area (Å²) in [5, 5.41) is 0. The molecular formula is C23H27N3O3. The number of amides is 3. The van der Waals surface area contributed by atoms with Gasteiger partial charge >= 0.3 is 0 Å². The van der Waals surface area contributed by atoms with E-state index in [0.29, 0.717) is 19.6 Å². The molecule has 0 spiro atoms. The van der Waals surface area contributed by atoms with Crippen molar-refractivity contribution in [1.82, 2.24) is 9.80 Å². The number of carbonyl (C=O) groups excluding carboxylic acids is 3. The van der Waals surface area contributed by atoms with E-state index in [9.17, 15) is 14.4 Å². The maximum absolute atomic E-state index is 13.1. The van der Waals surface area contributed by atoms with E-state index >= 15 is 0 Å². The Morgan fingerprint density at radius 1 is 1.07 bits per heavy atom. The molecule has 0 bridgehead atoms. The van der Waals surface area contributed by atoms with Crippen molar-refractivity contribution >= 4 is 17.7 Å². The van der Waals surface area contributed by atoms with E-state index in [1.54, 1.807) is 9.80 Å². The average molecular weight is 393 g/mol. The van der Waals surface area contributed by atoms with Crippen LogP contribution in [0.3, 0.4) is 0 Å². The molecular weight excluding hydrogens is 366 g/mol. The third kappa shape index (κ3) is 5.67. The fourth-order valence-corrected chi connectivity index (χ4v) is 3.58. The highest BCUT2D eigenvalue weighted by Gasteiger charge is 2.36. The number of hydrogen-bond donors (Lipinski definition) is 1. The minimum absolute atomic E-state index is 0.0153. The zero-order valence-electron chi connectivity index (χ0n) is 16.7. The Labute approximate surface area is 171 Å². The van der Waals surface area contributed by atoms with Crippen LogP contribution >= 0.6 is 0 Å². The monoisotopic (exact) mass is 393 g/mol. The molecule has 6 nitrogen and oxygen atoms in total. The summed E-state index contributed by atoms with van der Waals surface area (Å²) < 4.78 is 0. The van der Waals surface area contributed by atoms with Crippen LogP contribution in [0.1, 0.15) is 29.5 Å².